The summed E-state index contributed by atoms with van der Waals surface area (Å²) in [6.45, 7) is 2.16. The summed E-state index contributed by atoms with van der Waals surface area (Å²) in [5.74, 6) is 0. The van der Waals surface area contributed by atoms with E-state index >= 15 is 0 Å². The fourth-order valence-corrected chi connectivity index (χ4v) is 4.26. The number of hydrogen-bond acceptors (Lipinski definition) is 4. The van der Waals surface area contributed by atoms with Crippen molar-refractivity contribution in [3.63, 3.8) is 0 Å². The molecular formula is C12H14N2O2S2. The minimum atomic E-state index is -3.48. The van der Waals surface area contributed by atoms with Crippen LogP contribution < -0.4 is 10.0 Å². The van der Waals surface area contributed by atoms with Gasteiger partial charge in [0.15, 0.2) is 0 Å². The number of nitrogens with two attached hydrogens (primary N) is 1. The lowest BCUT2D eigenvalue weighted by molar-refractivity contribution is 0.594. The molecule has 18 heavy (non-hydrogen) atoms. The highest BCUT2D eigenvalue weighted by Crippen LogP contribution is 2.27. The maximum atomic E-state index is 12.4. The largest absolute Gasteiger partial charge is 0.399 e. The van der Waals surface area contributed by atoms with E-state index < -0.39 is 10.0 Å². The third kappa shape index (κ3) is 2.34. The minimum absolute atomic E-state index is 0.340. The van der Waals surface area contributed by atoms with Gasteiger partial charge in [-0.15, -0.1) is 11.3 Å². The number of nitrogen functional groups attached to an aromatic ring is 1. The van der Waals surface area contributed by atoms with Crippen LogP contribution in [0, 0.1) is 0 Å². The molecule has 2 rings (SSSR count). The molecule has 0 aliphatic rings. The number of benzene rings is 1. The molecule has 0 atom stereocenters. The topological polar surface area (TPSA) is 63.4 Å². The van der Waals surface area contributed by atoms with Crippen molar-refractivity contribution in [2.75, 3.05) is 16.6 Å². The fourth-order valence-electron chi connectivity index (χ4n) is 1.69. The van der Waals surface area contributed by atoms with Crippen molar-refractivity contribution >= 4 is 32.7 Å². The van der Waals surface area contributed by atoms with E-state index in [9.17, 15) is 8.42 Å². The fraction of sp³-hybridized carbons (Fsp3) is 0.167. The summed E-state index contributed by atoms with van der Waals surface area (Å²) in [6, 6.07) is 10.2. The predicted octanol–water partition coefficient (Wildman–Crippen LogP) is 2.55. The molecule has 1 aromatic carbocycles. The number of thiophene rings is 1. The van der Waals surface area contributed by atoms with Gasteiger partial charge in [0.05, 0.1) is 5.69 Å². The number of nitrogens with zero attached hydrogens (tertiary/aromatic N) is 1. The molecule has 4 nitrogen and oxygen atoms in total. The van der Waals surface area contributed by atoms with Crippen LogP contribution in [-0.4, -0.2) is 15.0 Å². The van der Waals surface area contributed by atoms with Gasteiger partial charge in [0.2, 0.25) is 0 Å². The van der Waals surface area contributed by atoms with Gasteiger partial charge in [-0.3, -0.25) is 4.31 Å². The van der Waals surface area contributed by atoms with Crippen molar-refractivity contribution < 1.29 is 8.42 Å². The number of hydrogen-bond donors (Lipinski definition) is 1. The molecule has 1 heterocycles. The van der Waals surface area contributed by atoms with Crippen molar-refractivity contribution in [3.05, 3.63) is 41.8 Å². The third-order valence-electron chi connectivity index (χ3n) is 2.48. The Kier molecular flexibility index (Phi) is 3.58. The quantitative estimate of drug-likeness (QED) is 0.877. The average Bonchev–Trinajstić information content (AvgIpc) is 2.83. The molecule has 0 aliphatic carbocycles. The van der Waals surface area contributed by atoms with Crippen LogP contribution >= 0.6 is 11.3 Å². The molecule has 0 saturated carbocycles. The molecule has 0 radical (unpaired) electrons. The number of anilines is 2. The first-order valence-electron chi connectivity index (χ1n) is 5.47. The highest BCUT2D eigenvalue weighted by molar-refractivity contribution is 7.94. The average molecular weight is 282 g/mol. The summed E-state index contributed by atoms with van der Waals surface area (Å²) in [6.07, 6.45) is 0. The smallest absolute Gasteiger partial charge is 0.273 e. The molecule has 0 spiro atoms. The van der Waals surface area contributed by atoms with Crippen LogP contribution in [0.15, 0.2) is 46.0 Å². The van der Waals surface area contributed by atoms with Crippen molar-refractivity contribution in [3.8, 4) is 0 Å². The summed E-state index contributed by atoms with van der Waals surface area (Å²) >= 11 is 1.21. The van der Waals surface area contributed by atoms with Crippen LogP contribution in [0.1, 0.15) is 6.92 Å². The van der Waals surface area contributed by atoms with E-state index in [1.54, 1.807) is 48.7 Å². The molecular weight excluding hydrogens is 268 g/mol. The standard InChI is InChI=1S/C12H14N2O2S2/c1-2-14(11-6-3-5-10(13)9-11)18(15,16)12-7-4-8-17-12/h3-9H,2,13H2,1H3. The molecule has 96 valence electrons. The maximum Gasteiger partial charge on any atom is 0.273 e. The Morgan fingerprint density at radius 1 is 1.28 bits per heavy atom. The normalized spacial score (nSPS) is 11.4. The van der Waals surface area contributed by atoms with Gasteiger partial charge in [-0.25, -0.2) is 8.42 Å². The van der Waals surface area contributed by atoms with Gasteiger partial charge >= 0.3 is 0 Å². The van der Waals surface area contributed by atoms with E-state index in [1.807, 2.05) is 0 Å². The molecule has 0 aliphatic heterocycles. The summed E-state index contributed by atoms with van der Waals surface area (Å²) in [5, 5.41) is 1.75. The summed E-state index contributed by atoms with van der Waals surface area (Å²) in [5.41, 5.74) is 6.83. The zero-order chi connectivity index (χ0) is 13.2. The Morgan fingerprint density at radius 2 is 2.06 bits per heavy atom. The van der Waals surface area contributed by atoms with Gasteiger partial charge in [-0.1, -0.05) is 12.1 Å². The Labute approximate surface area is 111 Å². The number of rotatable bonds is 4. The van der Waals surface area contributed by atoms with E-state index in [0.29, 0.717) is 22.1 Å². The van der Waals surface area contributed by atoms with Crippen LogP contribution in [0.25, 0.3) is 0 Å². The molecule has 0 unspecified atom stereocenters. The van der Waals surface area contributed by atoms with Gasteiger partial charge in [0.25, 0.3) is 10.0 Å². The third-order valence-corrected chi connectivity index (χ3v) is 5.76. The van der Waals surface area contributed by atoms with Gasteiger partial charge in [0.1, 0.15) is 4.21 Å². The van der Waals surface area contributed by atoms with Crippen molar-refractivity contribution in [1.82, 2.24) is 0 Å². The first-order chi connectivity index (χ1) is 8.55. The van der Waals surface area contributed by atoms with Crippen LogP contribution in [0.2, 0.25) is 0 Å². The molecule has 1 aromatic heterocycles. The van der Waals surface area contributed by atoms with E-state index in [4.69, 9.17) is 5.73 Å². The Morgan fingerprint density at radius 3 is 2.61 bits per heavy atom. The Hall–Kier alpha value is -1.53. The minimum Gasteiger partial charge on any atom is -0.399 e. The zero-order valence-electron chi connectivity index (χ0n) is 9.91. The lowest BCUT2D eigenvalue weighted by atomic mass is 10.3. The lowest BCUT2D eigenvalue weighted by Gasteiger charge is -2.22. The lowest BCUT2D eigenvalue weighted by Crippen LogP contribution is -2.30. The predicted molar refractivity (Wildman–Crippen MR) is 75.4 cm³/mol. The second kappa shape index (κ2) is 4.99. The molecule has 2 aromatic rings. The molecule has 0 fully saturated rings. The molecule has 0 saturated heterocycles. The maximum absolute atomic E-state index is 12.4. The molecule has 2 N–H and O–H groups in total. The second-order valence-corrected chi connectivity index (χ2v) is 6.73. The van der Waals surface area contributed by atoms with Gasteiger partial charge in [0, 0.05) is 12.2 Å². The first-order valence-corrected chi connectivity index (χ1v) is 7.79. The zero-order valence-corrected chi connectivity index (χ0v) is 11.5. The van der Waals surface area contributed by atoms with Crippen molar-refractivity contribution in [1.29, 1.82) is 0 Å². The Bertz CT molecular complexity index is 621. The monoisotopic (exact) mass is 282 g/mol. The SMILES string of the molecule is CCN(c1cccc(N)c1)S(=O)(=O)c1cccs1. The number of sulfonamides is 1. The molecule has 0 bridgehead atoms. The van der Waals surface area contributed by atoms with Gasteiger partial charge in [-0.2, -0.15) is 0 Å². The van der Waals surface area contributed by atoms with E-state index in [-0.39, 0.29) is 0 Å². The summed E-state index contributed by atoms with van der Waals surface area (Å²) in [4.78, 5) is 0. The van der Waals surface area contributed by atoms with Gasteiger partial charge in [-0.05, 0) is 36.6 Å². The van der Waals surface area contributed by atoms with Crippen molar-refractivity contribution in [2.45, 2.75) is 11.1 Å². The van der Waals surface area contributed by atoms with Crippen LogP contribution in [-0.2, 0) is 10.0 Å². The van der Waals surface area contributed by atoms with Crippen molar-refractivity contribution in [2.24, 2.45) is 0 Å². The van der Waals surface area contributed by atoms with E-state index in [0.717, 1.165) is 0 Å². The molecule has 0 amide bonds. The highest BCUT2D eigenvalue weighted by atomic mass is 32.2. The van der Waals surface area contributed by atoms with E-state index in [1.165, 1.54) is 15.6 Å². The highest BCUT2D eigenvalue weighted by Gasteiger charge is 2.24. The second-order valence-electron chi connectivity index (χ2n) is 3.70. The van der Waals surface area contributed by atoms with E-state index in [2.05, 4.69) is 0 Å². The van der Waals surface area contributed by atoms with Gasteiger partial charge < -0.3 is 5.73 Å². The Balaban J connectivity index is 2.47. The molecule has 6 heteroatoms. The van der Waals surface area contributed by atoms with Crippen LogP contribution in [0.5, 0.6) is 0 Å². The first kappa shape index (κ1) is 12.9. The van der Waals surface area contributed by atoms with Crippen LogP contribution in [0.4, 0.5) is 11.4 Å². The summed E-state index contributed by atoms with van der Waals surface area (Å²) < 4.78 is 26.6. The van der Waals surface area contributed by atoms with Crippen LogP contribution in [0.3, 0.4) is 0 Å². The summed E-state index contributed by atoms with van der Waals surface area (Å²) in [7, 11) is -3.48.